The van der Waals surface area contributed by atoms with Gasteiger partial charge in [-0.15, -0.1) is 0 Å². The minimum Gasteiger partial charge on any atom is -0.858 e. The van der Waals surface area contributed by atoms with Gasteiger partial charge in [0.05, 0.1) is 11.9 Å². The summed E-state index contributed by atoms with van der Waals surface area (Å²) in [6.45, 7) is 0. The van der Waals surface area contributed by atoms with Gasteiger partial charge in [-0.25, -0.2) is 8.42 Å². The SMILES string of the molecule is CS(=O)(=O)/N=C(/[O-])c1cc(I)cc(I)c1N. The summed E-state index contributed by atoms with van der Waals surface area (Å²) in [7, 11) is -3.70. The fraction of sp³-hybridized carbons (Fsp3) is 0.125. The second-order valence-corrected chi connectivity index (χ2v) is 7.03. The van der Waals surface area contributed by atoms with Gasteiger partial charge in [0.2, 0.25) is 10.0 Å². The quantitative estimate of drug-likeness (QED) is 0.299. The molecule has 0 atom stereocenters. The van der Waals surface area contributed by atoms with Crippen molar-refractivity contribution in [1.29, 1.82) is 0 Å². The predicted molar refractivity (Wildman–Crippen MR) is 77.7 cm³/mol. The lowest BCUT2D eigenvalue weighted by Crippen LogP contribution is -2.22. The Labute approximate surface area is 120 Å². The topological polar surface area (TPSA) is 95.6 Å². The summed E-state index contributed by atoms with van der Waals surface area (Å²) in [4.78, 5) is 0. The van der Waals surface area contributed by atoms with Crippen LogP contribution in [-0.4, -0.2) is 20.6 Å². The lowest BCUT2D eigenvalue weighted by Gasteiger charge is -2.14. The maximum Gasteiger partial charge on any atom is 0.249 e. The Morgan fingerprint density at radius 2 is 2.00 bits per heavy atom. The first-order valence-electron chi connectivity index (χ1n) is 3.92. The van der Waals surface area contributed by atoms with Crippen molar-refractivity contribution in [3.8, 4) is 0 Å². The molecule has 5 nitrogen and oxygen atoms in total. The molecule has 0 spiro atoms. The highest BCUT2D eigenvalue weighted by Crippen LogP contribution is 2.23. The summed E-state index contributed by atoms with van der Waals surface area (Å²) < 4.78 is 26.3. The van der Waals surface area contributed by atoms with Crippen molar-refractivity contribution < 1.29 is 13.5 Å². The molecule has 1 rings (SSSR count). The first-order chi connectivity index (χ1) is 7.20. The van der Waals surface area contributed by atoms with E-state index >= 15 is 0 Å². The largest absolute Gasteiger partial charge is 0.858 e. The monoisotopic (exact) mass is 465 g/mol. The Morgan fingerprint density at radius 3 is 2.50 bits per heavy atom. The molecule has 8 heteroatoms. The zero-order valence-electron chi connectivity index (χ0n) is 8.07. The van der Waals surface area contributed by atoms with Crippen molar-refractivity contribution in [2.75, 3.05) is 12.0 Å². The molecule has 0 bridgehead atoms. The number of hydrogen-bond acceptors (Lipinski definition) is 4. The summed E-state index contributed by atoms with van der Waals surface area (Å²) in [5, 5.41) is 11.6. The van der Waals surface area contributed by atoms with E-state index in [2.05, 4.69) is 4.40 Å². The minimum absolute atomic E-state index is 0.113. The molecule has 0 aliphatic heterocycles. The van der Waals surface area contributed by atoms with Crippen molar-refractivity contribution in [2.45, 2.75) is 0 Å². The van der Waals surface area contributed by atoms with E-state index in [0.717, 1.165) is 9.83 Å². The Morgan fingerprint density at radius 1 is 1.44 bits per heavy atom. The number of halogens is 2. The van der Waals surface area contributed by atoms with Gasteiger partial charge in [0.25, 0.3) is 0 Å². The first-order valence-corrected chi connectivity index (χ1v) is 7.93. The summed E-state index contributed by atoms with van der Waals surface area (Å²) in [6.07, 6.45) is 0.861. The van der Waals surface area contributed by atoms with Crippen LogP contribution in [-0.2, 0) is 10.0 Å². The van der Waals surface area contributed by atoms with Crippen LogP contribution in [0.4, 0.5) is 5.69 Å². The molecule has 16 heavy (non-hydrogen) atoms. The van der Waals surface area contributed by atoms with E-state index in [1.54, 1.807) is 6.07 Å². The molecule has 2 N–H and O–H groups in total. The number of nitrogen functional groups attached to an aromatic ring is 1. The molecule has 0 amide bonds. The van der Waals surface area contributed by atoms with E-state index in [1.807, 2.05) is 45.2 Å². The van der Waals surface area contributed by atoms with E-state index in [4.69, 9.17) is 5.73 Å². The van der Waals surface area contributed by atoms with Gasteiger partial charge < -0.3 is 10.8 Å². The van der Waals surface area contributed by atoms with Crippen molar-refractivity contribution >= 4 is 66.8 Å². The first kappa shape index (κ1) is 14.0. The van der Waals surface area contributed by atoms with E-state index in [-0.39, 0.29) is 11.3 Å². The molecule has 1 aromatic carbocycles. The zero-order valence-corrected chi connectivity index (χ0v) is 13.2. The highest BCUT2D eigenvalue weighted by Gasteiger charge is 2.07. The number of rotatable bonds is 2. The van der Waals surface area contributed by atoms with Crippen LogP contribution in [0.1, 0.15) is 5.56 Å². The average molecular weight is 465 g/mol. The summed E-state index contributed by atoms with van der Waals surface area (Å²) in [5.41, 5.74) is 6.05. The van der Waals surface area contributed by atoms with E-state index in [0.29, 0.717) is 3.57 Å². The standard InChI is InChI=1S/C8H8I2N2O3S/c1-16(14,15)12-8(13)5-2-4(9)3-6(10)7(5)11/h2-3H,11H2,1H3,(H,12,13)/p-1. The van der Waals surface area contributed by atoms with Gasteiger partial charge in [-0.1, -0.05) is 0 Å². The highest BCUT2D eigenvalue weighted by molar-refractivity contribution is 14.1. The number of benzene rings is 1. The average Bonchev–Trinajstić information content (AvgIpc) is 2.08. The molecular weight excluding hydrogens is 458 g/mol. The normalized spacial score (nSPS) is 12.8. The number of anilines is 1. The van der Waals surface area contributed by atoms with Gasteiger partial charge in [-0.05, 0) is 57.3 Å². The van der Waals surface area contributed by atoms with Crippen LogP contribution >= 0.6 is 45.2 Å². The smallest absolute Gasteiger partial charge is 0.249 e. The Bertz CT molecular complexity index is 555. The third-order valence-electron chi connectivity index (χ3n) is 1.57. The van der Waals surface area contributed by atoms with E-state index in [1.165, 1.54) is 6.07 Å². The molecule has 88 valence electrons. The highest BCUT2D eigenvalue weighted by atomic mass is 127. The Balaban J connectivity index is 3.40. The number of hydrogen-bond donors (Lipinski definition) is 1. The molecule has 0 aromatic heterocycles. The fourth-order valence-corrected chi connectivity index (χ4v) is 3.21. The van der Waals surface area contributed by atoms with Gasteiger partial charge in [0, 0.05) is 18.6 Å². The molecule has 0 heterocycles. The molecular formula is C8H7I2N2O3S-. The van der Waals surface area contributed by atoms with Crippen LogP contribution in [0.3, 0.4) is 0 Å². The van der Waals surface area contributed by atoms with Crippen molar-refractivity contribution in [1.82, 2.24) is 0 Å². The molecule has 0 saturated heterocycles. The molecule has 0 saturated carbocycles. The predicted octanol–water partition coefficient (Wildman–Crippen LogP) is 0.545. The van der Waals surface area contributed by atoms with Gasteiger partial charge in [0.15, 0.2) is 0 Å². The van der Waals surface area contributed by atoms with Crippen LogP contribution in [0.2, 0.25) is 0 Å². The zero-order chi connectivity index (χ0) is 12.5. The second kappa shape index (κ2) is 5.04. The summed E-state index contributed by atoms with van der Waals surface area (Å²) in [5.74, 6) is -0.837. The number of nitrogens with zero attached hydrogens (tertiary/aromatic N) is 1. The van der Waals surface area contributed by atoms with Gasteiger partial charge in [-0.3, -0.25) is 0 Å². The van der Waals surface area contributed by atoms with Crippen LogP contribution in [0.25, 0.3) is 0 Å². The molecule has 0 aliphatic rings. The van der Waals surface area contributed by atoms with E-state index in [9.17, 15) is 13.5 Å². The third kappa shape index (κ3) is 3.73. The van der Waals surface area contributed by atoms with Crippen LogP contribution in [0, 0.1) is 7.14 Å². The summed E-state index contributed by atoms with van der Waals surface area (Å²) in [6, 6.07) is 3.29. The minimum atomic E-state index is -3.70. The molecule has 1 aromatic rings. The molecule has 0 unspecified atom stereocenters. The van der Waals surface area contributed by atoms with Crippen molar-refractivity contribution in [2.24, 2.45) is 4.40 Å². The van der Waals surface area contributed by atoms with Crippen molar-refractivity contribution in [3.63, 3.8) is 0 Å². The Kier molecular flexibility index (Phi) is 4.40. The van der Waals surface area contributed by atoms with Gasteiger partial charge in [-0.2, -0.15) is 4.40 Å². The lowest BCUT2D eigenvalue weighted by atomic mass is 10.2. The Hall–Kier alpha value is -0.100. The maximum absolute atomic E-state index is 11.6. The third-order valence-corrected chi connectivity index (χ3v) is 3.59. The molecule has 0 aliphatic carbocycles. The number of nitrogens with two attached hydrogens (primary N) is 1. The maximum atomic E-state index is 11.6. The summed E-state index contributed by atoms with van der Waals surface area (Å²) >= 11 is 3.99. The lowest BCUT2D eigenvalue weighted by molar-refractivity contribution is -0.212. The van der Waals surface area contributed by atoms with Crippen molar-refractivity contribution in [3.05, 3.63) is 24.8 Å². The van der Waals surface area contributed by atoms with Gasteiger partial charge >= 0.3 is 0 Å². The van der Waals surface area contributed by atoms with Crippen LogP contribution < -0.4 is 10.8 Å². The number of sulfonamides is 1. The molecule has 0 radical (unpaired) electrons. The van der Waals surface area contributed by atoms with Crippen LogP contribution in [0.5, 0.6) is 0 Å². The van der Waals surface area contributed by atoms with E-state index < -0.39 is 15.9 Å². The van der Waals surface area contributed by atoms with Gasteiger partial charge in [0.1, 0.15) is 0 Å². The second-order valence-electron chi connectivity index (χ2n) is 2.98. The van der Waals surface area contributed by atoms with Crippen LogP contribution in [0.15, 0.2) is 16.5 Å². The fourth-order valence-electron chi connectivity index (χ4n) is 0.961. The molecule has 0 fully saturated rings.